The molecule has 0 bridgehead atoms. The van der Waals surface area contributed by atoms with Crippen LogP contribution in [0.25, 0.3) is 65.3 Å². The van der Waals surface area contributed by atoms with Crippen LogP contribution in [0.3, 0.4) is 0 Å². The van der Waals surface area contributed by atoms with Crippen molar-refractivity contribution in [2.24, 2.45) is 5.73 Å². The van der Waals surface area contributed by atoms with Crippen LogP contribution < -0.4 is 5.73 Å². The van der Waals surface area contributed by atoms with E-state index in [0.29, 0.717) is 0 Å². The van der Waals surface area contributed by atoms with Crippen LogP contribution in [0.5, 0.6) is 0 Å². The molecule has 0 spiro atoms. The summed E-state index contributed by atoms with van der Waals surface area (Å²) in [5, 5.41) is 17.7. The zero-order chi connectivity index (χ0) is 24.9. The molecule has 0 unspecified atom stereocenters. The van der Waals surface area contributed by atoms with E-state index in [2.05, 4.69) is 121 Å². The van der Waals surface area contributed by atoms with Crippen molar-refractivity contribution in [2.75, 3.05) is 0 Å². The largest absolute Gasteiger partial charge is 0.384 e. The molecule has 3 N–H and O–H groups in total. The Morgan fingerprint density at radius 3 is 1.43 bits per heavy atom. The van der Waals surface area contributed by atoms with Crippen molar-refractivity contribution in [3.8, 4) is 22.3 Å². The van der Waals surface area contributed by atoms with Crippen molar-refractivity contribution in [3.63, 3.8) is 0 Å². The minimum absolute atomic E-state index is 0.0757. The Hall–Kier alpha value is -4.95. The van der Waals surface area contributed by atoms with Gasteiger partial charge < -0.3 is 5.73 Å². The molecule has 0 heterocycles. The van der Waals surface area contributed by atoms with Gasteiger partial charge in [-0.05, 0) is 83.5 Å². The first kappa shape index (κ1) is 21.3. The molecule has 0 atom stereocenters. The Balaban J connectivity index is 1.64. The quantitative estimate of drug-likeness (QED) is 0.150. The Labute approximate surface area is 215 Å². The number of nitrogens with two attached hydrogens (primary N) is 1. The van der Waals surface area contributed by atoms with Crippen LogP contribution in [-0.4, -0.2) is 5.84 Å². The van der Waals surface area contributed by atoms with Gasteiger partial charge in [0.1, 0.15) is 5.84 Å². The fraction of sp³-hybridized carbons (Fsp3) is 0. The number of fused-ring (bicyclic) bond motifs is 4. The third-order valence-corrected chi connectivity index (χ3v) is 7.41. The summed E-state index contributed by atoms with van der Waals surface area (Å²) < 4.78 is 0. The molecule has 0 aliphatic heterocycles. The summed E-state index contributed by atoms with van der Waals surface area (Å²) in [5.74, 6) is 0.0757. The summed E-state index contributed by atoms with van der Waals surface area (Å²) in [6.45, 7) is 0. The third-order valence-electron chi connectivity index (χ3n) is 7.41. The topological polar surface area (TPSA) is 49.9 Å². The third kappa shape index (κ3) is 3.46. The Morgan fingerprint density at radius 2 is 0.892 bits per heavy atom. The molecular formula is C35H24N2. The zero-order valence-electron chi connectivity index (χ0n) is 20.2. The van der Waals surface area contributed by atoms with Crippen LogP contribution in [0, 0.1) is 5.41 Å². The maximum Gasteiger partial charge on any atom is 0.122 e. The molecule has 0 aliphatic rings. The average molecular weight is 473 g/mol. The first-order valence-corrected chi connectivity index (χ1v) is 12.5. The second-order valence-corrected chi connectivity index (χ2v) is 9.59. The summed E-state index contributed by atoms with van der Waals surface area (Å²) in [7, 11) is 0. The second kappa shape index (κ2) is 8.32. The predicted octanol–water partition coefficient (Wildman–Crippen LogP) is 8.92. The number of hydrogen-bond acceptors (Lipinski definition) is 1. The van der Waals surface area contributed by atoms with Gasteiger partial charge in [0.25, 0.3) is 0 Å². The molecule has 0 aromatic heterocycles. The van der Waals surface area contributed by atoms with Gasteiger partial charge in [0.2, 0.25) is 0 Å². The molecule has 2 heteroatoms. The second-order valence-electron chi connectivity index (χ2n) is 9.59. The van der Waals surface area contributed by atoms with E-state index >= 15 is 0 Å². The molecule has 37 heavy (non-hydrogen) atoms. The number of nitrogens with one attached hydrogen (secondary N) is 1. The highest BCUT2D eigenvalue weighted by atomic mass is 14.7. The van der Waals surface area contributed by atoms with E-state index in [9.17, 15) is 0 Å². The first-order valence-electron chi connectivity index (χ1n) is 12.5. The lowest BCUT2D eigenvalue weighted by atomic mass is 9.84. The molecule has 0 saturated carbocycles. The van der Waals surface area contributed by atoms with Crippen molar-refractivity contribution < 1.29 is 0 Å². The fourth-order valence-corrected chi connectivity index (χ4v) is 5.66. The van der Waals surface area contributed by atoms with Crippen LogP contribution in [0.2, 0.25) is 0 Å². The van der Waals surface area contributed by atoms with E-state index in [1.165, 1.54) is 49.0 Å². The van der Waals surface area contributed by atoms with Crippen molar-refractivity contribution in [1.29, 1.82) is 5.41 Å². The van der Waals surface area contributed by atoms with Crippen molar-refractivity contribution in [3.05, 3.63) is 133 Å². The fourth-order valence-electron chi connectivity index (χ4n) is 5.66. The normalized spacial score (nSPS) is 11.5. The maximum absolute atomic E-state index is 8.14. The Bertz CT molecular complexity index is 2020. The molecule has 0 amide bonds. The van der Waals surface area contributed by atoms with Crippen molar-refractivity contribution in [2.45, 2.75) is 0 Å². The maximum atomic E-state index is 8.14. The number of benzene rings is 7. The van der Waals surface area contributed by atoms with Gasteiger partial charge in [-0.1, -0.05) is 109 Å². The molecule has 0 aliphatic carbocycles. The Morgan fingerprint density at radius 1 is 0.432 bits per heavy atom. The SMILES string of the molecule is N=C(N)c1ccc2c(-c3ccc4ccccc4c3)c3ccccc3c(-c3ccc4ccccc4c3)c2c1. The van der Waals surface area contributed by atoms with Gasteiger partial charge in [0, 0.05) is 5.56 Å². The van der Waals surface area contributed by atoms with Gasteiger partial charge in [-0.15, -0.1) is 0 Å². The highest BCUT2D eigenvalue weighted by Gasteiger charge is 2.18. The molecular weight excluding hydrogens is 448 g/mol. The molecule has 7 aromatic rings. The van der Waals surface area contributed by atoms with E-state index in [0.717, 1.165) is 21.9 Å². The highest BCUT2D eigenvalue weighted by Crippen LogP contribution is 2.44. The van der Waals surface area contributed by atoms with Gasteiger partial charge in [-0.3, -0.25) is 5.41 Å². The summed E-state index contributed by atoms with van der Waals surface area (Å²) in [6.07, 6.45) is 0. The van der Waals surface area contributed by atoms with Crippen molar-refractivity contribution in [1.82, 2.24) is 0 Å². The minimum Gasteiger partial charge on any atom is -0.384 e. The molecule has 7 aromatic carbocycles. The molecule has 7 rings (SSSR count). The van der Waals surface area contributed by atoms with Gasteiger partial charge >= 0.3 is 0 Å². The monoisotopic (exact) mass is 472 g/mol. The molecule has 0 saturated heterocycles. The highest BCUT2D eigenvalue weighted by molar-refractivity contribution is 6.23. The lowest BCUT2D eigenvalue weighted by Crippen LogP contribution is -2.10. The number of amidine groups is 1. The summed E-state index contributed by atoms with van der Waals surface area (Å²) in [6, 6.07) is 45.2. The molecule has 2 nitrogen and oxygen atoms in total. The van der Waals surface area contributed by atoms with Crippen molar-refractivity contribution >= 4 is 48.9 Å². The van der Waals surface area contributed by atoms with Gasteiger partial charge in [-0.25, -0.2) is 0 Å². The van der Waals surface area contributed by atoms with Crippen LogP contribution in [0.4, 0.5) is 0 Å². The van der Waals surface area contributed by atoms with Crippen LogP contribution in [0.15, 0.2) is 127 Å². The van der Waals surface area contributed by atoms with Gasteiger partial charge in [0.05, 0.1) is 0 Å². The standard InChI is InChI=1S/C35H24N2/c36-35(37)28-17-18-31-32(21-28)34(27-16-14-23-8-2-4-10-25(23)20-27)30-12-6-5-11-29(30)33(31)26-15-13-22-7-1-3-9-24(22)19-26/h1-21H,(H3,36,37). The predicted molar refractivity (Wildman–Crippen MR) is 158 cm³/mol. The van der Waals surface area contributed by atoms with Crippen LogP contribution >= 0.6 is 0 Å². The van der Waals surface area contributed by atoms with E-state index in [1.54, 1.807) is 0 Å². The summed E-state index contributed by atoms with van der Waals surface area (Å²) >= 11 is 0. The van der Waals surface area contributed by atoms with Crippen LogP contribution in [-0.2, 0) is 0 Å². The van der Waals surface area contributed by atoms with E-state index in [4.69, 9.17) is 11.1 Å². The summed E-state index contributed by atoms with van der Waals surface area (Å²) in [4.78, 5) is 0. The first-order chi connectivity index (χ1) is 18.2. The average Bonchev–Trinajstić information content (AvgIpc) is 2.95. The van der Waals surface area contributed by atoms with E-state index in [-0.39, 0.29) is 5.84 Å². The lowest BCUT2D eigenvalue weighted by Gasteiger charge is -2.19. The molecule has 0 radical (unpaired) electrons. The number of hydrogen-bond donors (Lipinski definition) is 2. The number of rotatable bonds is 3. The Kier molecular flexibility index (Phi) is 4.80. The van der Waals surface area contributed by atoms with Gasteiger partial charge in [0.15, 0.2) is 0 Å². The lowest BCUT2D eigenvalue weighted by molar-refractivity contribution is 1.43. The molecule has 174 valence electrons. The summed E-state index contributed by atoms with van der Waals surface area (Å²) in [5.41, 5.74) is 11.4. The van der Waals surface area contributed by atoms with E-state index < -0.39 is 0 Å². The van der Waals surface area contributed by atoms with Gasteiger partial charge in [-0.2, -0.15) is 0 Å². The molecule has 0 fully saturated rings. The zero-order valence-corrected chi connectivity index (χ0v) is 20.2. The minimum atomic E-state index is 0.0757. The smallest absolute Gasteiger partial charge is 0.122 e. The van der Waals surface area contributed by atoms with E-state index in [1.807, 2.05) is 6.07 Å². The number of nitrogen functional groups attached to an aromatic ring is 1. The van der Waals surface area contributed by atoms with Crippen LogP contribution in [0.1, 0.15) is 5.56 Å².